The lowest BCUT2D eigenvalue weighted by Gasteiger charge is -2.10. The number of aromatic nitrogens is 1. The lowest BCUT2D eigenvalue weighted by molar-refractivity contribution is 0.200. The molecule has 0 saturated heterocycles. The van der Waals surface area contributed by atoms with Crippen LogP contribution in [0, 0.1) is 5.82 Å². The molecule has 0 spiro atoms. The highest BCUT2D eigenvalue weighted by atomic mass is 32.2. The molecule has 2 rings (SSSR count). The predicted octanol–water partition coefficient (Wildman–Crippen LogP) is 2.50. The van der Waals surface area contributed by atoms with Crippen LogP contribution in [0.2, 0.25) is 0 Å². The van der Waals surface area contributed by atoms with Gasteiger partial charge >= 0.3 is 0 Å². The van der Waals surface area contributed by atoms with Gasteiger partial charge in [0.25, 0.3) is 0 Å². The van der Waals surface area contributed by atoms with Gasteiger partial charge in [-0.1, -0.05) is 0 Å². The second-order valence-corrected chi connectivity index (χ2v) is 5.31. The van der Waals surface area contributed by atoms with Crippen molar-refractivity contribution < 1.29 is 9.50 Å². The number of aliphatic hydroxyl groups excluding tert-OH is 1. The normalized spacial score (nSPS) is 12.3. The minimum atomic E-state index is -0.475. The zero-order valence-electron chi connectivity index (χ0n) is 10.3. The topological polar surface area (TPSA) is 59.1 Å². The second kappa shape index (κ2) is 6.54. The van der Waals surface area contributed by atoms with Crippen LogP contribution in [-0.2, 0) is 6.42 Å². The summed E-state index contributed by atoms with van der Waals surface area (Å²) < 4.78 is 12.7. The molecule has 5 heteroatoms. The molecule has 0 saturated carbocycles. The Balaban J connectivity index is 1.84. The third-order valence-corrected chi connectivity index (χ3v) is 3.73. The van der Waals surface area contributed by atoms with Crippen molar-refractivity contribution >= 4 is 17.6 Å². The van der Waals surface area contributed by atoms with Crippen LogP contribution in [0.1, 0.15) is 5.56 Å². The van der Waals surface area contributed by atoms with Crippen LogP contribution < -0.4 is 5.73 Å². The maximum atomic E-state index is 12.7. The average Bonchev–Trinajstić information content (AvgIpc) is 2.38. The van der Waals surface area contributed by atoms with Gasteiger partial charge in [-0.15, -0.1) is 11.8 Å². The van der Waals surface area contributed by atoms with Gasteiger partial charge in [-0.05, 0) is 48.4 Å². The van der Waals surface area contributed by atoms with E-state index in [1.54, 1.807) is 24.4 Å². The molecule has 0 aliphatic carbocycles. The van der Waals surface area contributed by atoms with E-state index in [1.807, 2.05) is 6.07 Å². The van der Waals surface area contributed by atoms with Crippen molar-refractivity contribution in [1.82, 2.24) is 4.98 Å². The van der Waals surface area contributed by atoms with Crippen LogP contribution in [0.3, 0.4) is 0 Å². The summed E-state index contributed by atoms with van der Waals surface area (Å²) in [6.45, 7) is 0. The smallest absolute Gasteiger partial charge is 0.123 e. The molecule has 100 valence electrons. The molecule has 1 heterocycles. The predicted molar refractivity (Wildman–Crippen MR) is 75.5 cm³/mol. The number of nitrogen functional groups attached to an aromatic ring is 1. The first kappa shape index (κ1) is 13.8. The molecule has 3 nitrogen and oxygen atoms in total. The summed E-state index contributed by atoms with van der Waals surface area (Å²) >= 11 is 1.50. The summed E-state index contributed by atoms with van der Waals surface area (Å²) in [4.78, 5) is 4.84. The number of benzene rings is 1. The average molecular weight is 278 g/mol. The number of hydrogen-bond acceptors (Lipinski definition) is 4. The first-order valence-electron chi connectivity index (χ1n) is 5.90. The summed E-state index contributed by atoms with van der Waals surface area (Å²) in [6, 6.07) is 9.83. The Morgan fingerprint density at radius 2 is 2.00 bits per heavy atom. The van der Waals surface area contributed by atoms with Crippen LogP contribution in [-0.4, -0.2) is 21.9 Å². The van der Waals surface area contributed by atoms with Gasteiger partial charge in [0.2, 0.25) is 0 Å². The molecule has 19 heavy (non-hydrogen) atoms. The standard InChI is InChI=1S/C14H15FN2OS/c15-11-1-3-13(4-2-11)19-9-12(18)7-10-5-6-17-14(16)8-10/h1-6,8,12,18H,7,9H2,(H2,16,17). The number of hydrogen-bond donors (Lipinski definition) is 2. The molecule has 0 fully saturated rings. The minimum Gasteiger partial charge on any atom is -0.392 e. The molecular formula is C14H15FN2OS. The molecule has 0 aliphatic heterocycles. The van der Waals surface area contributed by atoms with Crippen molar-refractivity contribution in [1.29, 1.82) is 0 Å². The zero-order valence-corrected chi connectivity index (χ0v) is 11.1. The van der Waals surface area contributed by atoms with Crippen LogP contribution in [0.4, 0.5) is 10.2 Å². The van der Waals surface area contributed by atoms with E-state index in [-0.39, 0.29) is 5.82 Å². The monoisotopic (exact) mass is 278 g/mol. The molecule has 3 N–H and O–H groups in total. The molecule has 0 radical (unpaired) electrons. The number of pyridine rings is 1. The lowest BCUT2D eigenvalue weighted by Crippen LogP contribution is -2.13. The van der Waals surface area contributed by atoms with Crippen molar-refractivity contribution in [2.45, 2.75) is 17.4 Å². The highest BCUT2D eigenvalue weighted by Gasteiger charge is 2.07. The molecule has 0 amide bonds. The molecule has 1 aromatic heterocycles. The van der Waals surface area contributed by atoms with Gasteiger partial charge in [-0.2, -0.15) is 0 Å². The van der Waals surface area contributed by atoms with Gasteiger partial charge in [0, 0.05) is 16.8 Å². The van der Waals surface area contributed by atoms with E-state index in [0.717, 1.165) is 10.5 Å². The van der Waals surface area contributed by atoms with Crippen molar-refractivity contribution in [2.75, 3.05) is 11.5 Å². The fourth-order valence-electron chi connectivity index (χ4n) is 1.68. The van der Waals surface area contributed by atoms with Gasteiger partial charge in [-0.25, -0.2) is 9.37 Å². The van der Waals surface area contributed by atoms with E-state index < -0.39 is 6.10 Å². The van der Waals surface area contributed by atoms with Gasteiger partial charge in [0.1, 0.15) is 11.6 Å². The Kier molecular flexibility index (Phi) is 4.76. The largest absolute Gasteiger partial charge is 0.392 e. The molecule has 2 aromatic rings. The Morgan fingerprint density at radius 1 is 1.26 bits per heavy atom. The first-order valence-corrected chi connectivity index (χ1v) is 6.89. The summed E-state index contributed by atoms with van der Waals surface area (Å²) in [5.74, 6) is 0.751. The second-order valence-electron chi connectivity index (χ2n) is 4.21. The van der Waals surface area contributed by atoms with Gasteiger partial charge in [0.15, 0.2) is 0 Å². The molecule has 1 aromatic carbocycles. The fraction of sp³-hybridized carbons (Fsp3) is 0.214. The van der Waals surface area contributed by atoms with Crippen LogP contribution in [0.5, 0.6) is 0 Å². The SMILES string of the molecule is Nc1cc(CC(O)CSc2ccc(F)cc2)ccn1. The highest BCUT2D eigenvalue weighted by Crippen LogP contribution is 2.20. The van der Waals surface area contributed by atoms with Crippen molar-refractivity contribution in [2.24, 2.45) is 0 Å². The van der Waals surface area contributed by atoms with Crippen LogP contribution in [0.15, 0.2) is 47.5 Å². The number of nitrogens with two attached hydrogens (primary N) is 1. The number of halogens is 1. The van der Waals surface area contributed by atoms with Crippen LogP contribution in [0.25, 0.3) is 0 Å². The third kappa shape index (κ3) is 4.54. The van der Waals surface area contributed by atoms with Crippen molar-refractivity contribution in [3.8, 4) is 0 Å². The highest BCUT2D eigenvalue weighted by molar-refractivity contribution is 7.99. The fourth-order valence-corrected chi connectivity index (χ4v) is 2.51. The Labute approximate surface area is 115 Å². The number of nitrogens with zero attached hydrogens (tertiary/aromatic N) is 1. The Hall–Kier alpha value is -1.59. The summed E-state index contributed by atoms with van der Waals surface area (Å²) in [5, 5.41) is 9.95. The van der Waals surface area contributed by atoms with Crippen molar-refractivity contribution in [3.05, 3.63) is 54.0 Å². The van der Waals surface area contributed by atoms with E-state index in [1.165, 1.54) is 23.9 Å². The first-order chi connectivity index (χ1) is 9.13. The maximum absolute atomic E-state index is 12.7. The van der Waals surface area contributed by atoms with Gasteiger partial charge < -0.3 is 10.8 Å². The van der Waals surface area contributed by atoms with Gasteiger partial charge in [0.05, 0.1) is 6.10 Å². The number of anilines is 1. The molecule has 1 unspecified atom stereocenters. The Bertz CT molecular complexity index is 533. The molecule has 0 bridgehead atoms. The summed E-state index contributed by atoms with van der Waals surface area (Å²) in [6.07, 6.45) is 1.68. The number of rotatable bonds is 5. The summed E-state index contributed by atoms with van der Waals surface area (Å²) in [7, 11) is 0. The van der Waals surface area contributed by atoms with Crippen molar-refractivity contribution in [3.63, 3.8) is 0 Å². The van der Waals surface area contributed by atoms with E-state index in [0.29, 0.717) is 18.0 Å². The number of thioether (sulfide) groups is 1. The lowest BCUT2D eigenvalue weighted by atomic mass is 10.1. The quantitative estimate of drug-likeness (QED) is 0.825. The van der Waals surface area contributed by atoms with E-state index in [2.05, 4.69) is 4.98 Å². The Morgan fingerprint density at radius 3 is 2.68 bits per heavy atom. The van der Waals surface area contributed by atoms with E-state index in [4.69, 9.17) is 5.73 Å². The summed E-state index contributed by atoms with van der Waals surface area (Å²) in [5.41, 5.74) is 6.54. The van der Waals surface area contributed by atoms with Gasteiger partial charge in [-0.3, -0.25) is 0 Å². The molecule has 0 aliphatic rings. The molecular weight excluding hydrogens is 263 g/mol. The van der Waals surface area contributed by atoms with Crippen LogP contribution >= 0.6 is 11.8 Å². The number of aliphatic hydroxyl groups is 1. The third-order valence-electron chi connectivity index (χ3n) is 2.57. The zero-order chi connectivity index (χ0) is 13.7. The maximum Gasteiger partial charge on any atom is 0.123 e. The van der Waals surface area contributed by atoms with E-state index >= 15 is 0 Å². The van der Waals surface area contributed by atoms with E-state index in [9.17, 15) is 9.50 Å². The molecule has 1 atom stereocenters. The minimum absolute atomic E-state index is 0.253.